The van der Waals surface area contributed by atoms with Crippen LogP contribution in [0.4, 0.5) is 4.39 Å². The van der Waals surface area contributed by atoms with E-state index in [1.165, 1.54) is 25.1 Å². The first-order chi connectivity index (χ1) is 9.74. The second-order valence-electron chi connectivity index (χ2n) is 5.58. The van der Waals surface area contributed by atoms with E-state index >= 15 is 0 Å². The van der Waals surface area contributed by atoms with E-state index in [4.69, 9.17) is 4.74 Å². The van der Waals surface area contributed by atoms with E-state index in [0.717, 1.165) is 25.8 Å². The van der Waals surface area contributed by atoms with Crippen LogP contribution >= 0.6 is 0 Å². The first-order valence-corrected chi connectivity index (χ1v) is 7.29. The monoisotopic (exact) mass is 278 g/mol. The second kappa shape index (κ2) is 5.77. The zero-order valence-electron chi connectivity index (χ0n) is 11.4. The summed E-state index contributed by atoms with van der Waals surface area (Å²) in [5, 5.41) is 0. The van der Waals surface area contributed by atoms with E-state index in [0.29, 0.717) is 18.3 Å². The highest BCUT2D eigenvalue weighted by atomic mass is 19.1. The molecule has 0 radical (unpaired) electrons. The highest BCUT2D eigenvalue weighted by Gasteiger charge is 2.37. The van der Waals surface area contributed by atoms with Gasteiger partial charge in [-0.05, 0) is 31.4 Å². The van der Waals surface area contributed by atoms with Crippen molar-refractivity contribution in [1.29, 1.82) is 0 Å². The van der Waals surface area contributed by atoms with Crippen LogP contribution in [0.25, 0.3) is 0 Å². The molecule has 1 unspecified atom stereocenters. The Morgan fingerprint density at radius 2 is 2.15 bits per heavy atom. The summed E-state index contributed by atoms with van der Waals surface area (Å²) in [5.41, 5.74) is 0. The van der Waals surface area contributed by atoms with Crippen molar-refractivity contribution >= 4 is 5.91 Å². The third-order valence-electron chi connectivity index (χ3n) is 4.27. The van der Waals surface area contributed by atoms with Crippen molar-refractivity contribution < 1.29 is 13.9 Å². The SMILES string of the molecule is O=C(C1CCCC1)N1CCC1COc1ccc(F)nc1. The van der Waals surface area contributed by atoms with Gasteiger partial charge in [-0.2, -0.15) is 4.39 Å². The molecule has 0 N–H and O–H groups in total. The van der Waals surface area contributed by atoms with E-state index in [2.05, 4.69) is 4.98 Å². The van der Waals surface area contributed by atoms with Crippen LogP contribution in [0, 0.1) is 11.9 Å². The molecule has 1 aromatic heterocycles. The smallest absolute Gasteiger partial charge is 0.226 e. The van der Waals surface area contributed by atoms with E-state index in [-0.39, 0.29) is 12.0 Å². The standard InChI is InChI=1S/C15H19FN2O2/c16-14-6-5-13(9-17-14)20-10-12-7-8-18(12)15(19)11-3-1-2-4-11/h5-6,9,11-12H,1-4,7-8,10H2. The molecule has 2 fully saturated rings. The maximum Gasteiger partial charge on any atom is 0.226 e. The van der Waals surface area contributed by atoms with Gasteiger partial charge in [0.2, 0.25) is 11.9 Å². The van der Waals surface area contributed by atoms with Crippen LogP contribution in [0.1, 0.15) is 32.1 Å². The molecule has 0 spiro atoms. The number of pyridine rings is 1. The van der Waals surface area contributed by atoms with E-state index in [9.17, 15) is 9.18 Å². The van der Waals surface area contributed by atoms with Gasteiger partial charge in [-0.1, -0.05) is 12.8 Å². The minimum absolute atomic E-state index is 0.160. The Balaban J connectivity index is 1.50. The predicted octanol–water partition coefficient (Wildman–Crippen LogP) is 2.39. The molecule has 1 aliphatic heterocycles. The zero-order chi connectivity index (χ0) is 13.9. The molecular weight excluding hydrogens is 259 g/mol. The molecule has 1 atom stereocenters. The van der Waals surface area contributed by atoms with E-state index < -0.39 is 5.95 Å². The fourth-order valence-corrected chi connectivity index (χ4v) is 2.95. The van der Waals surface area contributed by atoms with Crippen molar-refractivity contribution in [3.8, 4) is 5.75 Å². The first-order valence-electron chi connectivity index (χ1n) is 7.29. The number of aromatic nitrogens is 1. The third-order valence-corrected chi connectivity index (χ3v) is 4.27. The van der Waals surface area contributed by atoms with Crippen molar-refractivity contribution in [3.63, 3.8) is 0 Å². The lowest BCUT2D eigenvalue weighted by molar-refractivity contribution is -0.144. The molecule has 2 aliphatic rings. The van der Waals surface area contributed by atoms with Gasteiger partial charge >= 0.3 is 0 Å². The Bertz CT molecular complexity index is 471. The van der Waals surface area contributed by atoms with Gasteiger partial charge in [-0.15, -0.1) is 0 Å². The molecule has 0 bridgehead atoms. The number of rotatable bonds is 4. The fraction of sp³-hybridized carbons (Fsp3) is 0.600. The van der Waals surface area contributed by atoms with Crippen molar-refractivity contribution in [2.75, 3.05) is 13.2 Å². The van der Waals surface area contributed by atoms with Crippen molar-refractivity contribution in [2.24, 2.45) is 5.92 Å². The Morgan fingerprint density at radius 1 is 1.35 bits per heavy atom. The average Bonchev–Trinajstić information content (AvgIpc) is 2.94. The molecule has 2 heterocycles. The number of hydrogen-bond acceptors (Lipinski definition) is 3. The summed E-state index contributed by atoms with van der Waals surface area (Å²) >= 11 is 0. The van der Waals surface area contributed by atoms with Crippen LogP contribution in [0.2, 0.25) is 0 Å². The summed E-state index contributed by atoms with van der Waals surface area (Å²) in [5.74, 6) is 0.551. The molecule has 20 heavy (non-hydrogen) atoms. The number of amides is 1. The predicted molar refractivity (Wildman–Crippen MR) is 71.8 cm³/mol. The van der Waals surface area contributed by atoms with Crippen molar-refractivity contribution in [1.82, 2.24) is 9.88 Å². The Hall–Kier alpha value is -1.65. The lowest BCUT2D eigenvalue weighted by Crippen LogP contribution is -2.55. The number of hydrogen-bond donors (Lipinski definition) is 0. The van der Waals surface area contributed by atoms with Crippen LogP contribution in [0.3, 0.4) is 0 Å². The lowest BCUT2D eigenvalue weighted by atomic mass is 9.98. The van der Waals surface area contributed by atoms with Crippen LogP contribution in [0.15, 0.2) is 18.3 Å². The highest BCUT2D eigenvalue weighted by molar-refractivity contribution is 5.80. The Morgan fingerprint density at radius 3 is 2.75 bits per heavy atom. The molecule has 3 rings (SSSR count). The minimum Gasteiger partial charge on any atom is -0.490 e. The maximum absolute atomic E-state index is 12.7. The molecule has 5 heteroatoms. The number of halogens is 1. The summed E-state index contributed by atoms with van der Waals surface area (Å²) < 4.78 is 18.3. The summed E-state index contributed by atoms with van der Waals surface area (Å²) in [4.78, 5) is 17.8. The van der Waals surface area contributed by atoms with Gasteiger partial charge in [0.1, 0.15) is 12.4 Å². The number of carbonyl (C=O) groups excluding carboxylic acids is 1. The third kappa shape index (κ3) is 2.76. The molecule has 1 saturated heterocycles. The van der Waals surface area contributed by atoms with Crippen LogP contribution in [-0.4, -0.2) is 35.0 Å². The fourth-order valence-electron chi connectivity index (χ4n) is 2.95. The lowest BCUT2D eigenvalue weighted by Gasteiger charge is -2.42. The highest BCUT2D eigenvalue weighted by Crippen LogP contribution is 2.30. The normalized spacial score (nSPS) is 22.6. The summed E-state index contributed by atoms with van der Waals surface area (Å²) in [7, 11) is 0. The molecule has 1 aliphatic carbocycles. The number of ether oxygens (including phenoxy) is 1. The van der Waals surface area contributed by atoms with Gasteiger partial charge in [0.05, 0.1) is 12.2 Å². The molecule has 4 nitrogen and oxygen atoms in total. The number of likely N-dealkylation sites (tertiary alicyclic amines) is 1. The number of carbonyl (C=O) groups is 1. The molecule has 1 aromatic rings. The molecule has 1 saturated carbocycles. The van der Waals surface area contributed by atoms with E-state index in [1.807, 2.05) is 4.90 Å². The van der Waals surface area contributed by atoms with Gasteiger partial charge in [-0.25, -0.2) is 4.98 Å². The summed E-state index contributed by atoms with van der Waals surface area (Å²) in [6.45, 7) is 1.30. The van der Waals surface area contributed by atoms with Crippen LogP contribution < -0.4 is 4.74 Å². The largest absolute Gasteiger partial charge is 0.490 e. The minimum atomic E-state index is -0.515. The molecule has 1 amide bonds. The van der Waals surface area contributed by atoms with Gasteiger partial charge < -0.3 is 9.64 Å². The molecule has 108 valence electrons. The van der Waals surface area contributed by atoms with Gasteiger partial charge in [0.15, 0.2) is 0 Å². The van der Waals surface area contributed by atoms with E-state index in [1.54, 1.807) is 6.07 Å². The van der Waals surface area contributed by atoms with Gasteiger partial charge in [0, 0.05) is 12.5 Å². The zero-order valence-corrected chi connectivity index (χ0v) is 11.4. The summed E-state index contributed by atoms with van der Waals surface area (Å²) in [6, 6.07) is 3.00. The Kier molecular flexibility index (Phi) is 3.85. The Labute approximate surface area is 117 Å². The second-order valence-corrected chi connectivity index (χ2v) is 5.58. The molecular formula is C15H19FN2O2. The van der Waals surface area contributed by atoms with Crippen LogP contribution in [-0.2, 0) is 4.79 Å². The maximum atomic E-state index is 12.7. The quantitative estimate of drug-likeness (QED) is 0.794. The van der Waals surface area contributed by atoms with Gasteiger partial charge in [0.25, 0.3) is 0 Å². The summed E-state index contributed by atoms with van der Waals surface area (Å²) in [6.07, 6.45) is 6.76. The van der Waals surface area contributed by atoms with Crippen molar-refractivity contribution in [3.05, 3.63) is 24.3 Å². The van der Waals surface area contributed by atoms with Gasteiger partial charge in [-0.3, -0.25) is 4.79 Å². The first kappa shape index (κ1) is 13.3. The average molecular weight is 278 g/mol. The van der Waals surface area contributed by atoms with Crippen LogP contribution in [0.5, 0.6) is 5.75 Å². The van der Waals surface area contributed by atoms with Crippen molar-refractivity contribution in [2.45, 2.75) is 38.1 Å². The number of nitrogens with zero attached hydrogens (tertiary/aromatic N) is 2. The molecule has 0 aromatic carbocycles. The topological polar surface area (TPSA) is 42.4 Å².